The van der Waals surface area contributed by atoms with Gasteiger partial charge in [0, 0.05) is 19.2 Å². The number of primary amides is 1. The Balaban J connectivity index is 2.54. The molecule has 0 atom stereocenters. The van der Waals surface area contributed by atoms with Crippen molar-refractivity contribution in [3.63, 3.8) is 0 Å². The molecule has 88 valence electrons. The molecule has 0 bridgehead atoms. The maximum atomic E-state index is 12.9. The summed E-state index contributed by atoms with van der Waals surface area (Å²) in [5, 5.41) is 5.27. The molecule has 0 fully saturated rings. The predicted octanol–water partition coefficient (Wildman–Crippen LogP) is 1.14. The number of nitrogens with one attached hydrogen (secondary N) is 2. The van der Waals surface area contributed by atoms with Crippen LogP contribution in [0.3, 0.4) is 0 Å². The van der Waals surface area contributed by atoms with E-state index >= 15 is 0 Å². The molecule has 0 aliphatic heterocycles. The summed E-state index contributed by atoms with van der Waals surface area (Å²) in [6.07, 6.45) is 0. The Morgan fingerprint density at radius 1 is 1.44 bits per heavy atom. The van der Waals surface area contributed by atoms with Crippen LogP contribution in [-0.2, 0) is 0 Å². The first-order valence-corrected chi connectivity index (χ1v) is 4.90. The minimum atomic E-state index is -0.605. The van der Waals surface area contributed by atoms with Crippen LogP contribution < -0.4 is 22.1 Å². The summed E-state index contributed by atoms with van der Waals surface area (Å²) in [4.78, 5) is 10.4. The van der Waals surface area contributed by atoms with Gasteiger partial charge >= 0.3 is 6.03 Å². The molecule has 0 heterocycles. The number of hydrogen-bond donors (Lipinski definition) is 4. The van der Waals surface area contributed by atoms with E-state index in [0.29, 0.717) is 18.8 Å². The van der Waals surface area contributed by atoms with E-state index in [1.54, 1.807) is 0 Å². The van der Waals surface area contributed by atoms with Crippen molar-refractivity contribution in [2.75, 3.05) is 24.1 Å². The monoisotopic (exact) mass is 246 g/mol. The Morgan fingerprint density at radius 3 is 2.75 bits per heavy atom. The molecular weight excluding hydrogens is 235 g/mol. The van der Waals surface area contributed by atoms with Gasteiger partial charge in [-0.3, -0.25) is 0 Å². The third-order valence-corrected chi connectivity index (χ3v) is 2.12. The summed E-state index contributed by atoms with van der Waals surface area (Å²) >= 11 is 5.59. The average Bonchev–Trinajstić information content (AvgIpc) is 2.19. The van der Waals surface area contributed by atoms with Gasteiger partial charge in [-0.05, 0) is 6.07 Å². The van der Waals surface area contributed by atoms with E-state index in [-0.39, 0.29) is 10.7 Å². The molecule has 6 N–H and O–H groups in total. The third-order valence-electron chi connectivity index (χ3n) is 1.83. The van der Waals surface area contributed by atoms with Gasteiger partial charge in [0.2, 0.25) is 0 Å². The predicted molar refractivity (Wildman–Crippen MR) is 61.9 cm³/mol. The highest BCUT2D eigenvalue weighted by atomic mass is 35.5. The summed E-state index contributed by atoms with van der Waals surface area (Å²) in [5.74, 6) is -0.569. The third kappa shape index (κ3) is 3.47. The van der Waals surface area contributed by atoms with Crippen molar-refractivity contribution in [2.24, 2.45) is 5.73 Å². The lowest BCUT2D eigenvalue weighted by molar-refractivity contribution is 0.249. The van der Waals surface area contributed by atoms with E-state index in [0.717, 1.165) is 6.07 Å². The van der Waals surface area contributed by atoms with Crippen molar-refractivity contribution >= 4 is 29.0 Å². The van der Waals surface area contributed by atoms with Crippen molar-refractivity contribution in [1.82, 2.24) is 5.32 Å². The summed E-state index contributed by atoms with van der Waals surface area (Å²) in [6, 6.07) is 1.91. The van der Waals surface area contributed by atoms with E-state index in [1.165, 1.54) is 6.07 Å². The highest BCUT2D eigenvalue weighted by Crippen LogP contribution is 2.25. The molecule has 2 amide bonds. The Hall–Kier alpha value is -1.69. The lowest BCUT2D eigenvalue weighted by Crippen LogP contribution is -2.33. The number of carbonyl (C=O) groups is 1. The fourth-order valence-corrected chi connectivity index (χ4v) is 1.26. The van der Waals surface area contributed by atoms with E-state index < -0.39 is 11.8 Å². The number of nitrogens with two attached hydrogens (primary N) is 2. The molecule has 0 aromatic heterocycles. The van der Waals surface area contributed by atoms with Gasteiger partial charge in [0.05, 0.1) is 16.4 Å². The van der Waals surface area contributed by atoms with E-state index in [1.807, 2.05) is 0 Å². The summed E-state index contributed by atoms with van der Waals surface area (Å²) in [7, 11) is 0. The van der Waals surface area contributed by atoms with Crippen LogP contribution in [-0.4, -0.2) is 19.1 Å². The largest absolute Gasteiger partial charge is 0.397 e. The van der Waals surface area contributed by atoms with Gasteiger partial charge < -0.3 is 22.1 Å². The maximum absolute atomic E-state index is 12.9. The van der Waals surface area contributed by atoms with Crippen LogP contribution in [0.15, 0.2) is 12.1 Å². The van der Waals surface area contributed by atoms with Crippen molar-refractivity contribution in [3.05, 3.63) is 23.0 Å². The Morgan fingerprint density at radius 2 is 2.12 bits per heavy atom. The van der Waals surface area contributed by atoms with Crippen LogP contribution >= 0.6 is 11.6 Å². The second-order valence-electron chi connectivity index (χ2n) is 3.07. The van der Waals surface area contributed by atoms with E-state index in [2.05, 4.69) is 10.6 Å². The van der Waals surface area contributed by atoms with Crippen molar-refractivity contribution in [1.29, 1.82) is 0 Å². The maximum Gasteiger partial charge on any atom is 0.312 e. The van der Waals surface area contributed by atoms with Gasteiger partial charge in [-0.25, -0.2) is 9.18 Å². The molecule has 7 heteroatoms. The summed E-state index contributed by atoms with van der Waals surface area (Å²) in [6.45, 7) is 0.749. The van der Waals surface area contributed by atoms with Gasteiger partial charge in [0.15, 0.2) is 0 Å². The zero-order chi connectivity index (χ0) is 12.1. The average molecular weight is 247 g/mol. The van der Waals surface area contributed by atoms with E-state index in [9.17, 15) is 9.18 Å². The van der Waals surface area contributed by atoms with Crippen LogP contribution in [0, 0.1) is 5.82 Å². The number of halogens is 2. The second kappa shape index (κ2) is 5.41. The number of benzene rings is 1. The number of hydrogen-bond acceptors (Lipinski definition) is 3. The molecule has 0 spiro atoms. The van der Waals surface area contributed by atoms with Gasteiger partial charge in [-0.1, -0.05) is 11.6 Å². The fourth-order valence-electron chi connectivity index (χ4n) is 1.10. The Bertz CT molecular complexity index is 399. The zero-order valence-electron chi connectivity index (χ0n) is 8.39. The zero-order valence-corrected chi connectivity index (χ0v) is 9.14. The number of anilines is 2. The summed E-state index contributed by atoms with van der Waals surface area (Å²) in [5.41, 5.74) is 11.2. The van der Waals surface area contributed by atoms with Crippen molar-refractivity contribution in [3.8, 4) is 0 Å². The Labute approximate surface area is 96.9 Å². The summed E-state index contributed by atoms with van der Waals surface area (Å²) < 4.78 is 12.9. The quantitative estimate of drug-likeness (QED) is 0.474. The van der Waals surface area contributed by atoms with Crippen LogP contribution in [0.1, 0.15) is 0 Å². The molecule has 0 saturated heterocycles. The first-order valence-electron chi connectivity index (χ1n) is 4.52. The highest BCUT2D eigenvalue weighted by Gasteiger charge is 2.05. The molecule has 16 heavy (non-hydrogen) atoms. The molecule has 5 nitrogen and oxygen atoms in total. The lowest BCUT2D eigenvalue weighted by Gasteiger charge is -2.10. The number of urea groups is 1. The molecule has 1 aromatic carbocycles. The first kappa shape index (κ1) is 12.4. The number of carbonyl (C=O) groups excluding carboxylic acids is 1. The molecule has 1 rings (SSSR count). The minimum Gasteiger partial charge on any atom is -0.397 e. The minimum absolute atomic E-state index is 0.0143. The number of rotatable bonds is 4. The van der Waals surface area contributed by atoms with Crippen LogP contribution in [0.5, 0.6) is 0 Å². The smallest absolute Gasteiger partial charge is 0.312 e. The normalized spacial score (nSPS) is 9.88. The first-order chi connectivity index (χ1) is 7.50. The number of amides is 2. The lowest BCUT2D eigenvalue weighted by atomic mass is 10.2. The molecule has 0 aliphatic rings. The fraction of sp³-hybridized carbons (Fsp3) is 0.222. The highest BCUT2D eigenvalue weighted by molar-refractivity contribution is 6.31. The van der Waals surface area contributed by atoms with E-state index in [4.69, 9.17) is 23.1 Å². The SMILES string of the molecule is NC(=O)NCCNc1cc(Cl)c(F)cc1N. The van der Waals surface area contributed by atoms with Crippen molar-refractivity contribution in [2.45, 2.75) is 0 Å². The van der Waals surface area contributed by atoms with Crippen molar-refractivity contribution < 1.29 is 9.18 Å². The van der Waals surface area contributed by atoms with Gasteiger partial charge in [-0.15, -0.1) is 0 Å². The molecular formula is C9H12ClFN4O. The Kier molecular flexibility index (Phi) is 4.19. The topological polar surface area (TPSA) is 93.2 Å². The van der Waals surface area contributed by atoms with Gasteiger partial charge in [-0.2, -0.15) is 0 Å². The van der Waals surface area contributed by atoms with Crippen LogP contribution in [0.2, 0.25) is 5.02 Å². The van der Waals surface area contributed by atoms with Crippen LogP contribution in [0.25, 0.3) is 0 Å². The number of nitrogen functional groups attached to an aromatic ring is 1. The van der Waals surface area contributed by atoms with Crippen LogP contribution in [0.4, 0.5) is 20.6 Å². The molecule has 1 aromatic rings. The standard InChI is InChI=1S/C9H12ClFN4O/c10-5-3-8(7(12)4-6(5)11)14-1-2-15-9(13)16/h3-4,14H,1-2,12H2,(H3,13,15,16). The molecule has 0 aliphatic carbocycles. The second-order valence-corrected chi connectivity index (χ2v) is 3.48. The van der Waals surface area contributed by atoms with Gasteiger partial charge in [0.1, 0.15) is 5.82 Å². The van der Waals surface area contributed by atoms with Gasteiger partial charge in [0.25, 0.3) is 0 Å². The molecule has 0 radical (unpaired) electrons. The molecule has 0 unspecified atom stereocenters. The molecule has 0 saturated carbocycles.